The molecule has 2 heteroatoms. The number of nitrogens with zero attached hydrogens (tertiary/aromatic N) is 1. The molecule has 1 atom stereocenters. The standard InChI is InChI=1S/C17H18N2/c1-14(11-12-19-13-18)16-9-5-6-10-17(16)15-7-3-2-4-8-15/h2-14H,1H3,(H2,18,19)/b12-11-. The minimum atomic E-state index is 0.292. The highest BCUT2D eigenvalue weighted by atomic mass is 14.8. The predicted molar refractivity (Wildman–Crippen MR) is 82.1 cm³/mol. The van der Waals surface area contributed by atoms with Gasteiger partial charge in [-0.05, 0) is 16.7 Å². The van der Waals surface area contributed by atoms with Crippen molar-refractivity contribution in [3.8, 4) is 11.1 Å². The number of rotatable bonds is 4. The zero-order valence-corrected chi connectivity index (χ0v) is 11.0. The van der Waals surface area contributed by atoms with E-state index in [1.54, 1.807) is 6.20 Å². The summed E-state index contributed by atoms with van der Waals surface area (Å²) >= 11 is 0. The molecule has 0 radical (unpaired) electrons. The molecule has 0 aliphatic carbocycles. The molecule has 2 aromatic rings. The molecule has 2 N–H and O–H groups in total. The Labute approximate surface area is 114 Å². The normalized spacial score (nSPS) is 13.1. The summed E-state index contributed by atoms with van der Waals surface area (Å²) in [6, 6.07) is 18.9. The molecular formula is C17H18N2. The van der Waals surface area contributed by atoms with E-state index in [0.717, 1.165) is 0 Å². The van der Waals surface area contributed by atoms with E-state index >= 15 is 0 Å². The van der Waals surface area contributed by atoms with Gasteiger partial charge in [0.15, 0.2) is 0 Å². The Morgan fingerprint density at radius 1 is 1.00 bits per heavy atom. The molecule has 0 heterocycles. The van der Waals surface area contributed by atoms with Gasteiger partial charge in [-0.1, -0.05) is 67.6 Å². The maximum absolute atomic E-state index is 5.23. The zero-order chi connectivity index (χ0) is 13.5. The molecule has 2 nitrogen and oxygen atoms in total. The fourth-order valence-corrected chi connectivity index (χ4v) is 2.11. The number of nitrogens with two attached hydrogens (primary N) is 1. The van der Waals surface area contributed by atoms with Crippen molar-refractivity contribution >= 4 is 6.34 Å². The molecule has 96 valence electrons. The van der Waals surface area contributed by atoms with Gasteiger partial charge in [-0.25, -0.2) is 4.99 Å². The Balaban J connectivity index is 2.36. The highest BCUT2D eigenvalue weighted by Gasteiger charge is 2.08. The Morgan fingerprint density at radius 2 is 1.68 bits per heavy atom. The molecule has 1 unspecified atom stereocenters. The molecule has 0 aliphatic rings. The van der Waals surface area contributed by atoms with E-state index in [-0.39, 0.29) is 0 Å². The molecule has 0 spiro atoms. The van der Waals surface area contributed by atoms with E-state index in [1.165, 1.54) is 23.0 Å². The van der Waals surface area contributed by atoms with Gasteiger partial charge in [0.2, 0.25) is 0 Å². The lowest BCUT2D eigenvalue weighted by Crippen LogP contribution is -1.93. The number of hydrogen-bond acceptors (Lipinski definition) is 1. The van der Waals surface area contributed by atoms with Crippen molar-refractivity contribution in [2.75, 3.05) is 0 Å². The first-order chi connectivity index (χ1) is 9.33. The predicted octanol–water partition coefficient (Wildman–Crippen LogP) is 3.96. The van der Waals surface area contributed by atoms with E-state index in [0.29, 0.717) is 5.92 Å². The second-order valence-corrected chi connectivity index (χ2v) is 4.38. The van der Waals surface area contributed by atoms with Gasteiger partial charge in [-0.2, -0.15) is 0 Å². The number of hydrogen-bond donors (Lipinski definition) is 1. The summed E-state index contributed by atoms with van der Waals surface area (Å²) < 4.78 is 0. The van der Waals surface area contributed by atoms with Crippen LogP contribution in [0.5, 0.6) is 0 Å². The van der Waals surface area contributed by atoms with E-state index in [9.17, 15) is 0 Å². The zero-order valence-electron chi connectivity index (χ0n) is 11.0. The Bertz CT molecular complexity index is 571. The molecule has 0 aromatic heterocycles. The van der Waals surface area contributed by atoms with Crippen LogP contribution in [0.4, 0.5) is 0 Å². The van der Waals surface area contributed by atoms with Crippen LogP contribution >= 0.6 is 0 Å². The van der Waals surface area contributed by atoms with Crippen LogP contribution in [0.2, 0.25) is 0 Å². The third-order valence-electron chi connectivity index (χ3n) is 3.08. The van der Waals surface area contributed by atoms with Gasteiger partial charge >= 0.3 is 0 Å². The molecule has 0 bridgehead atoms. The van der Waals surface area contributed by atoms with E-state index < -0.39 is 0 Å². The maximum atomic E-state index is 5.23. The SMILES string of the molecule is CC(/C=C\N=CN)c1ccccc1-c1ccccc1. The van der Waals surface area contributed by atoms with Crippen molar-refractivity contribution in [1.29, 1.82) is 0 Å². The first-order valence-corrected chi connectivity index (χ1v) is 6.37. The highest BCUT2D eigenvalue weighted by molar-refractivity contribution is 5.68. The summed E-state index contributed by atoms with van der Waals surface area (Å²) in [5.74, 6) is 0.292. The van der Waals surface area contributed by atoms with Gasteiger partial charge in [-0.3, -0.25) is 0 Å². The van der Waals surface area contributed by atoms with Gasteiger partial charge in [0.1, 0.15) is 0 Å². The fraction of sp³-hybridized carbons (Fsp3) is 0.118. The maximum Gasteiger partial charge on any atom is 0.0852 e. The second-order valence-electron chi connectivity index (χ2n) is 4.38. The van der Waals surface area contributed by atoms with Gasteiger partial charge in [-0.15, -0.1) is 0 Å². The third kappa shape index (κ3) is 3.32. The monoisotopic (exact) mass is 250 g/mol. The van der Waals surface area contributed by atoms with Crippen molar-refractivity contribution < 1.29 is 0 Å². The lowest BCUT2D eigenvalue weighted by Gasteiger charge is -2.13. The van der Waals surface area contributed by atoms with E-state index in [1.807, 2.05) is 12.1 Å². The Morgan fingerprint density at radius 3 is 2.42 bits per heavy atom. The number of allylic oxidation sites excluding steroid dienone is 1. The topological polar surface area (TPSA) is 38.4 Å². The molecule has 0 saturated heterocycles. The molecule has 0 amide bonds. The van der Waals surface area contributed by atoms with Gasteiger partial charge in [0.05, 0.1) is 6.34 Å². The molecule has 0 fully saturated rings. The highest BCUT2D eigenvalue weighted by Crippen LogP contribution is 2.29. The summed E-state index contributed by atoms with van der Waals surface area (Å²) in [5, 5.41) is 0. The van der Waals surface area contributed by atoms with E-state index in [4.69, 9.17) is 5.73 Å². The van der Waals surface area contributed by atoms with Crippen LogP contribution in [-0.2, 0) is 0 Å². The summed E-state index contributed by atoms with van der Waals surface area (Å²) in [7, 11) is 0. The fourth-order valence-electron chi connectivity index (χ4n) is 2.11. The summed E-state index contributed by atoms with van der Waals surface area (Å²) in [4.78, 5) is 3.91. The second kappa shape index (κ2) is 6.55. The number of benzene rings is 2. The Hall–Kier alpha value is -2.35. The minimum Gasteiger partial charge on any atom is -0.390 e. The smallest absolute Gasteiger partial charge is 0.0852 e. The average molecular weight is 250 g/mol. The minimum absolute atomic E-state index is 0.292. The van der Waals surface area contributed by atoms with Crippen LogP contribution in [0, 0.1) is 0 Å². The van der Waals surface area contributed by atoms with Crippen molar-refractivity contribution in [2.24, 2.45) is 10.7 Å². The van der Waals surface area contributed by atoms with Crippen LogP contribution in [-0.4, -0.2) is 6.34 Å². The van der Waals surface area contributed by atoms with Crippen LogP contribution in [0.1, 0.15) is 18.4 Å². The third-order valence-corrected chi connectivity index (χ3v) is 3.08. The van der Waals surface area contributed by atoms with Crippen LogP contribution in [0.25, 0.3) is 11.1 Å². The van der Waals surface area contributed by atoms with Gasteiger partial charge < -0.3 is 5.73 Å². The lowest BCUT2D eigenvalue weighted by molar-refractivity contribution is 0.966. The van der Waals surface area contributed by atoms with E-state index in [2.05, 4.69) is 60.4 Å². The molecule has 0 aliphatic heterocycles. The van der Waals surface area contributed by atoms with Crippen molar-refractivity contribution in [3.63, 3.8) is 0 Å². The van der Waals surface area contributed by atoms with Crippen LogP contribution < -0.4 is 5.73 Å². The molecule has 0 saturated carbocycles. The largest absolute Gasteiger partial charge is 0.390 e. The Kier molecular flexibility index (Phi) is 4.51. The van der Waals surface area contributed by atoms with Gasteiger partial charge in [0, 0.05) is 12.1 Å². The average Bonchev–Trinajstić information content (AvgIpc) is 2.48. The summed E-state index contributed by atoms with van der Waals surface area (Å²) in [5.41, 5.74) is 9.02. The van der Waals surface area contributed by atoms with Crippen molar-refractivity contribution in [3.05, 3.63) is 72.4 Å². The molecule has 2 aromatic carbocycles. The molecular weight excluding hydrogens is 232 g/mol. The van der Waals surface area contributed by atoms with Crippen molar-refractivity contribution in [2.45, 2.75) is 12.8 Å². The molecule has 19 heavy (non-hydrogen) atoms. The van der Waals surface area contributed by atoms with Crippen molar-refractivity contribution in [1.82, 2.24) is 0 Å². The molecule has 2 rings (SSSR count). The van der Waals surface area contributed by atoms with Crippen LogP contribution in [0.3, 0.4) is 0 Å². The van der Waals surface area contributed by atoms with Gasteiger partial charge in [0.25, 0.3) is 0 Å². The lowest BCUT2D eigenvalue weighted by atomic mass is 9.91. The first kappa shape index (κ1) is 13.1. The number of aliphatic imine (C=N–C) groups is 1. The summed E-state index contributed by atoms with van der Waals surface area (Å²) in [6.07, 6.45) is 5.09. The quantitative estimate of drug-likeness (QED) is 0.647. The summed E-state index contributed by atoms with van der Waals surface area (Å²) in [6.45, 7) is 2.16. The van der Waals surface area contributed by atoms with Crippen LogP contribution in [0.15, 0.2) is 71.9 Å². The first-order valence-electron chi connectivity index (χ1n) is 6.37.